The van der Waals surface area contributed by atoms with Crippen LogP contribution in [-0.4, -0.2) is 49.5 Å². The van der Waals surface area contributed by atoms with E-state index >= 15 is 0 Å². The van der Waals surface area contributed by atoms with E-state index in [1.54, 1.807) is 7.11 Å². The molecule has 1 aliphatic rings. The summed E-state index contributed by atoms with van der Waals surface area (Å²) < 4.78 is 5.27. The molecule has 1 unspecified atom stereocenters. The molecule has 0 aliphatic heterocycles. The molecule has 15 heavy (non-hydrogen) atoms. The first-order valence-electron chi connectivity index (χ1n) is 6.05. The lowest BCUT2D eigenvalue weighted by molar-refractivity contribution is 0.0688. The first-order chi connectivity index (χ1) is 7.21. The van der Waals surface area contributed by atoms with Gasteiger partial charge in [-0.2, -0.15) is 0 Å². The fourth-order valence-corrected chi connectivity index (χ4v) is 2.26. The van der Waals surface area contributed by atoms with Crippen molar-refractivity contribution in [2.24, 2.45) is 5.41 Å². The third-order valence-corrected chi connectivity index (χ3v) is 3.55. The van der Waals surface area contributed by atoms with Crippen LogP contribution in [0.4, 0.5) is 0 Å². The second kappa shape index (κ2) is 5.83. The Bertz CT molecular complexity index is 176. The summed E-state index contributed by atoms with van der Waals surface area (Å²) in [6, 6.07) is 0.323. The normalized spacial score (nSPS) is 20.6. The van der Waals surface area contributed by atoms with E-state index < -0.39 is 0 Å². The van der Waals surface area contributed by atoms with Crippen LogP contribution in [0.2, 0.25) is 0 Å². The highest BCUT2D eigenvalue weighted by molar-refractivity contribution is 4.96. The van der Waals surface area contributed by atoms with Gasteiger partial charge in [0.2, 0.25) is 0 Å². The van der Waals surface area contributed by atoms with Crippen molar-refractivity contribution in [3.05, 3.63) is 0 Å². The molecule has 0 bridgehead atoms. The average molecular weight is 215 g/mol. The fraction of sp³-hybridized carbons (Fsp3) is 1.00. The average Bonchev–Trinajstić information content (AvgIpc) is 2.99. The van der Waals surface area contributed by atoms with Gasteiger partial charge in [0.1, 0.15) is 0 Å². The molecule has 0 radical (unpaired) electrons. The Morgan fingerprint density at radius 3 is 2.40 bits per heavy atom. The van der Waals surface area contributed by atoms with Gasteiger partial charge < -0.3 is 9.84 Å². The van der Waals surface area contributed by atoms with E-state index in [1.165, 1.54) is 12.8 Å². The van der Waals surface area contributed by atoms with Crippen LogP contribution in [0.5, 0.6) is 0 Å². The quantitative estimate of drug-likeness (QED) is 0.666. The van der Waals surface area contributed by atoms with E-state index in [0.717, 1.165) is 26.1 Å². The second-order valence-corrected chi connectivity index (χ2v) is 4.74. The molecule has 0 amide bonds. The number of rotatable bonds is 8. The fourth-order valence-electron chi connectivity index (χ4n) is 2.26. The number of likely N-dealkylation sites (N-methyl/N-ethyl adjacent to an activating group) is 1. The maximum absolute atomic E-state index is 9.30. The van der Waals surface area contributed by atoms with Crippen molar-refractivity contribution in [1.29, 1.82) is 0 Å². The highest BCUT2D eigenvalue weighted by atomic mass is 16.5. The standard InChI is InChI=1S/C12H25NO2/c1-4-11(8-14)13(5-2)9-12(6-7-12)10-15-3/h11,14H,4-10H2,1-3H3. The largest absolute Gasteiger partial charge is 0.395 e. The molecule has 0 heterocycles. The molecule has 1 atom stereocenters. The van der Waals surface area contributed by atoms with Gasteiger partial charge in [-0.05, 0) is 25.8 Å². The zero-order valence-electron chi connectivity index (χ0n) is 10.3. The summed E-state index contributed by atoms with van der Waals surface area (Å²) in [6.45, 7) is 7.54. The number of aliphatic hydroxyl groups is 1. The predicted octanol–water partition coefficient (Wildman–Crippen LogP) is 1.51. The number of hydrogen-bond acceptors (Lipinski definition) is 3. The van der Waals surface area contributed by atoms with Gasteiger partial charge in [-0.15, -0.1) is 0 Å². The predicted molar refractivity (Wildman–Crippen MR) is 62.0 cm³/mol. The molecule has 0 aromatic carbocycles. The number of nitrogens with zero attached hydrogens (tertiary/aromatic N) is 1. The molecule has 1 N–H and O–H groups in total. The minimum absolute atomic E-state index is 0.271. The Hall–Kier alpha value is -0.120. The SMILES string of the molecule is CCC(CO)N(CC)CC1(COC)CC1. The summed E-state index contributed by atoms with van der Waals surface area (Å²) in [5, 5.41) is 9.30. The molecule has 0 aromatic heterocycles. The minimum Gasteiger partial charge on any atom is -0.395 e. The lowest BCUT2D eigenvalue weighted by atomic mass is 10.1. The van der Waals surface area contributed by atoms with Crippen molar-refractivity contribution in [2.75, 3.05) is 33.4 Å². The van der Waals surface area contributed by atoms with Gasteiger partial charge in [0.05, 0.1) is 13.2 Å². The van der Waals surface area contributed by atoms with E-state index in [2.05, 4.69) is 18.7 Å². The van der Waals surface area contributed by atoms with E-state index in [4.69, 9.17) is 4.74 Å². The Kier molecular flexibility index (Phi) is 5.03. The van der Waals surface area contributed by atoms with Gasteiger partial charge >= 0.3 is 0 Å². The molecule has 3 nitrogen and oxygen atoms in total. The maximum atomic E-state index is 9.30. The molecular formula is C12H25NO2. The van der Waals surface area contributed by atoms with Gasteiger partial charge in [-0.1, -0.05) is 13.8 Å². The van der Waals surface area contributed by atoms with E-state index in [-0.39, 0.29) is 6.61 Å². The lowest BCUT2D eigenvalue weighted by Crippen LogP contribution is -2.42. The smallest absolute Gasteiger partial charge is 0.0586 e. The number of aliphatic hydroxyl groups excluding tert-OH is 1. The van der Waals surface area contributed by atoms with Crippen molar-refractivity contribution < 1.29 is 9.84 Å². The van der Waals surface area contributed by atoms with Crippen LogP contribution in [0, 0.1) is 5.41 Å². The van der Waals surface area contributed by atoms with Crippen LogP contribution in [0.25, 0.3) is 0 Å². The third kappa shape index (κ3) is 3.44. The van der Waals surface area contributed by atoms with Gasteiger partial charge in [-0.25, -0.2) is 0 Å². The van der Waals surface area contributed by atoms with Gasteiger partial charge in [0, 0.05) is 25.1 Å². The highest BCUT2D eigenvalue weighted by Gasteiger charge is 2.44. The molecule has 0 spiro atoms. The Morgan fingerprint density at radius 2 is 2.07 bits per heavy atom. The molecule has 90 valence electrons. The molecule has 1 rings (SSSR count). The monoisotopic (exact) mass is 215 g/mol. The van der Waals surface area contributed by atoms with Crippen LogP contribution in [0.1, 0.15) is 33.1 Å². The minimum atomic E-state index is 0.271. The molecule has 1 fully saturated rings. The van der Waals surface area contributed by atoms with Crippen LogP contribution in [0.15, 0.2) is 0 Å². The third-order valence-electron chi connectivity index (χ3n) is 3.55. The van der Waals surface area contributed by atoms with E-state index in [1.807, 2.05) is 0 Å². The highest BCUT2D eigenvalue weighted by Crippen LogP contribution is 2.46. The molecular weight excluding hydrogens is 190 g/mol. The maximum Gasteiger partial charge on any atom is 0.0586 e. The summed E-state index contributed by atoms with van der Waals surface area (Å²) in [7, 11) is 1.78. The van der Waals surface area contributed by atoms with Crippen molar-refractivity contribution >= 4 is 0 Å². The van der Waals surface area contributed by atoms with Crippen LogP contribution < -0.4 is 0 Å². The summed E-state index contributed by atoms with van der Waals surface area (Å²) in [5.41, 5.74) is 0.396. The van der Waals surface area contributed by atoms with Gasteiger partial charge in [0.25, 0.3) is 0 Å². The first-order valence-corrected chi connectivity index (χ1v) is 6.05. The zero-order chi connectivity index (χ0) is 11.3. The van der Waals surface area contributed by atoms with Gasteiger partial charge in [-0.3, -0.25) is 4.90 Å². The van der Waals surface area contributed by atoms with Crippen molar-refractivity contribution in [3.8, 4) is 0 Å². The topological polar surface area (TPSA) is 32.7 Å². The van der Waals surface area contributed by atoms with Crippen molar-refractivity contribution in [3.63, 3.8) is 0 Å². The summed E-state index contributed by atoms with van der Waals surface area (Å²) in [6.07, 6.45) is 3.58. The van der Waals surface area contributed by atoms with Crippen LogP contribution in [-0.2, 0) is 4.74 Å². The van der Waals surface area contributed by atoms with E-state index in [9.17, 15) is 5.11 Å². The zero-order valence-corrected chi connectivity index (χ0v) is 10.3. The number of ether oxygens (including phenoxy) is 1. The summed E-state index contributed by atoms with van der Waals surface area (Å²) >= 11 is 0. The van der Waals surface area contributed by atoms with Crippen molar-refractivity contribution in [2.45, 2.75) is 39.2 Å². The van der Waals surface area contributed by atoms with Crippen LogP contribution in [0.3, 0.4) is 0 Å². The summed E-state index contributed by atoms with van der Waals surface area (Å²) in [4.78, 5) is 2.39. The lowest BCUT2D eigenvalue weighted by Gasteiger charge is -2.32. The Labute approximate surface area is 93.4 Å². The Morgan fingerprint density at radius 1 is 1.40 bits per heavy atom. The molecule has 1 saturated carbocycles. The Balaban J connectivity index is 2.45. The molecule has 0 aromatic rings. The van der Waals surface area contributed by atoms with Gasteiger partial charge in [0.15, 0.2) is 0 Å². The first kappa shape index (κ1) is 12.9. The number of methoxy groups -OCH3 is 1. The van der Waals surface area contributed by atoms with Crippen LogP contribution >= 0.6 is 0 Å². The van der Waals surface area contributed by atoms with E-state index in [0.29, 0.717) is 11.5 Å². The molecule has 3 heteroatoms. The molecule has 0 saturated heterocycles. The molecule has 1 aliphatic carbocycles. The number of hydrogen-bond donors (Lipinski definition) is 1. The van der Waals surface area contributed by atoms with Crippen molar-refractivity contribution in [1.82, 2.24) is 4.90 Å². The summed E-state index contributed by atoms with van der Waals surface area (Å²) in [5.74, 6) is 0. The second-order valence-electron chi connectivity index (χ2n) is 4.74.